The van der Waals surface area contributed by atoms with Crippen LogP contribution in [0.4, 0.5) is 4.39 Å². The average molecular weight is 315 g/mol. The monoisotopic (exact) mass is 315 g/mol. The molecule has 0 aliphatic rings. The van der Waals surface area contributed by atoms with Crippen LogP contribution in [0.2, 0.25) is 0 Å². The van der Waals surface area contributed by atoms with Crippen LogP contribution in [0.25, 0.3) is 0 Å². The van der Waals surface area contributed by atoms with Crippen LogP contribution in [0.5, 0.6) is 11.6 Å². The summed E-state index contributed by atoms with van der Waals surface area (Å²) in [6.45, 7) is 0. The van der Waals surface area contributed by atoms with Gasteiger partial charge >= 0.3 is 0 Å². The van der Waals surface area contributed by atoms with E-state index in [-0.39, 0.29) is 5.82 Å². The van der Waals surface area contributed by atoms with Gasteiger partial charge in [-0.05, 0) is 40.8 Å². The van der Waals surface area contributed by atoms with E-state index in [1.807, 2.05) is 28.7 Å². The molecular formula is C11H7FINO. The Balaban J connectivity index is 2.22. The minimum absolute atomic E-state index is 0.288. The highest BCUT2D eigenvalue weighted by atomic mass is 127. The molecule has 0 saturated heterocycles. The topological polar surface area (TPSA) is 22.1 Å². The molecule has 0 saturated carbocycles. The van der Waals surface area contributed by atoms with Crippen LogP contribution in [0.1, 0.15) is 0 Å². The Hall–Kier alpha value is -1.17. The molecule has 0 fully saturated rings. The number of nitrogens with zero attached hydrogens (tertiary/aromatic N) is 1. The highest BCUT2D eigenvalue weighted by Crippen LogP contribution is 2.22. The number of hydrogen-bond acceptors (Lipinski definition) is 2. The lowest BCUT2D eigenvalue weighted by Gasteiger charge is -2.04. The molecule has 0 aliphatic carbocycles. The molecule has 1 aromatic carbocycles. The number of ether oxygens (including phenoxy) is 1. The molecule has 1 aromatic heterocycles. The molecule has 0 unspecified atom stereocenters. The highest BCUT2D eigenvalue weighted by molar-refractivity contribution is 14.1. The molecule has 0 atom stereocenters. The third-order valence-electron chi connectivity index (χ3n) is 1.75. The van der Waals surface area contributed by atoms with Crippen molar-refractivity contribution in [2.45, 2.75) is 0 Å². The third kappa shape index (κ3) is 2.65. The fourth-order valence-electron chi connectivity index (χ4n) is 1.07. The second kappa shape index (κ2) is 4.57. The molecule has 0 radical (unpaired) electrons. The second-order valence-electron chi connectivity index (χ2n) is 2.85. The van der Waals surface area contributed by atoms with Crippen molar-refractivity contribution in [3.05, 3.63) is 52.0 Å². The molecule has 0 aliphatic heterocycles. The molecule has 1 heterocycles. The summed E-state index contributed by atoms with van der Waals surface area (Å²) < 4.78 is 19.1. The minimum atomic E-state index is -0.288. The van der Waals surface area contributed by atoms with Gasteiger partial charge in [-0.3, -0.25) is 0 Å². The van der Waals surface area contributed by atoms with Crippen LogP contribution < -0.4 is 4.74 Å². The van der Waals surface area contributed by atoms with Crippen molar-refractivity contribution in [1.82, 2.24) is 4.98 Å². The van der Waals surface area contributed by atoms with Crippen molar-refractivity contribution in [2.24, 2.45) is 0 Å². The van der Waals surface area contributed by atoms with E-state index in [0.29, 0.717) is 15.2 Å². The first kappa shape index (κ1) is 10.4. The van der Waals surface area contributed by atoms with E-state index in [4.69, 9.17) is 4.74 Å². The zero-order valence-corrected chi connectivity index (χ0v) is 9.81. The Morgan fingerprint density at radius 1 is 1.20 bits per heavy atom. The first-order chi connectivity index (χ1) is 7.25. The van der Waals surface area contributed by atoms with Crippen LogP contribution in [0.3, 0.4) is 0 Å². The van der Waals surface area contributed by atoms with Crippen LogP contribution in [-0.2, 0) is 0 Å². The Morgan fingerprint density at radius 3 is 2.73 bits per heavy atom. The molecule has 0 spiro atoms. The van der Waals surface area contributed by atoms with Crippen LogP contribution >= 0.6 is 22.6 Å². The van der Waals surface area contributed by atoms with Gasteiger partial charge in [-0.15, -0.1) is 0 Å². The van der Waals surface area contributed by atoms with Crippen molar-refractivity contribution >= 4 is 22.6 Å². The van der Waals surface area contributed by atoms with Gasteiger partial charge in [-0.25, -0.2) is 9.37 Å². The normalized spacial score (nSPS) is 10.0. The fraction of sp³-hybridized carbons (Fsp3) is 0. The fourth-order valence-corrected chi connectivity index (χ4v) is 1.40. The maximum Gasteiger partial charge on any atom is 0.219 e. The number of pyridine rings is 1. The summed E-state index contributed by atoms with van der Waals surface area (Å²) >= 11 is 1.93. The standard InChI is InChI=1S/C11H7FINO/c12-9-7-8(4-5-10(9)13)15-11-3-1-2-6-14-11/h1-7H. The van der Waals surface area contributed by atoms with Gasteiger partial charge in [0.2, 0.25) is 5.88 Å². The van der Waals surface area contributed by atoms with E-state index in [1.165, 1.54) is 6.07 Å². The lowest BCUT2D eigenvalue weighted by molar-refractivity contribution is 0.457. The quantitative estimate of drug-likeness (QED) is 0.790. The van der Waals surface area contributed by atoms with Crippen molar-refractivity contribution in [3.63, 3.8) is 0 Å². The predicted octanol–water partition coefficient (Wildman–Crippen LogP) is 3.62. The Kier molecular flexibility index (Phi) is 3.15. The molecule has 76 valence electrons. The molecule has 2 nitrogen and oxygen atoms in total. The Labute approximate surface area is 100 Å². The highest BCUT2D eigenvalue weighted by Gasteiger charge is 2.02. The van der Waals surface area contributed by atoms with E-state index in [1.54, 1.807) is 30.5 Å². The summed E-state index contributed by atoms with van der Waals surface area (Å²) in [5, 5.41) is 0. The van der Waals surface area contributed by atoms with E-state index in [9.17, 15) is 4.39 Å². The van der Waals surface area contributed by atoms with Crippen molar-refractivity contribution in [3.8, 4) is 11.6 Å². The molecule has 0 bridgehead atoms. The lowest BCUT2D eigenvalue weighted by Crippen LogP contribution is -1.88. The number of halogens is 2. The lowest BCUT2D eigenvalue weighted by atomic mass is 10.3. The van der Waals surface area contributed by atoms with Gasteiger partial charge in [0.1, 0.15) is 11.6 Å². The zero-order chi connectivity index (χ0) is 10.7. The van der Waals surface area contributed by atoms with E-state index in [0.717, 1.165) is 0 Å². The first-order valence-electron chi connectivity index (χ1n) is 4.29. The summed E-state index contributed by atoms with van der Waals surface area (Å²) in [5.41, 5.74) is 0. The summed E-state index contributed by atoms with van der Waals surface area (Å²) in [6, 6.07) is 10.0. The predicted molar refractivity (Wildman–Crippen MR) is 63.4 cm³/mol. The number of aromatic nitrogens is 1. The molecular weight excluding hydrogens is 308 g/mol. The largest absolute Gasteiger partial charge is 0.439 e. The summed E-state index contributed by atoms with van der Waals surface area (Å²) in [7, 11) is 0. The maximum atomic E-state index is 13.2. The van der Waals surface area contributed by atoms with Crippen molar-refractivity contribution in [1.29, 1.82) is 0 Å². The first-order valence-corrected chi connectivity index (χ1v) is 5.37. The molecule has 0 amide bonds. The maximum absolute atomic E-state index is 13.2. The number of rotatable bonds is 2. The molecule has 15 heavy (non-hydrogen) atoms. The molecule has 0 N–H and O–H groups in total. The van der Waals surface area contributed by atoms with Gasteiger partial charge in [0.25, 0.3) is 0 Å². The van der Waals surface area contributed by atoms with Crippen molar-refractivity contribution < 1.29 is 9.13 Å². The van der Waals surface area contributed by atoms with Gasteiger partial charge < -0.3 is 4.74 Å². The summed E-state index contributed by atoms with van der Waals surface area (Å²) in [6.07, 6.45) is 1.62. The summed E-state index contributed by atoms with van der Waals surface area (Å²) in [5.74, 6) is 0.619. The van der Waals surface area contributed by atoms with Crippen molar-refractivity contribution in [2.75, 3.05) is 0 Å². The zero-order valence-electron chi connectivity index (χ0n) is 7.65. The molecule has 2 rings (SSSR count). The molecule has 2 aromatic rings. The SMILES string of the molecule is Fc1cc(Oc2ccccn2)ccc1I. The van der Waals surface area contributed by atoms with Crippen LogP contribution in [0, 0.1) is 9.39 Å². The Morgan fingerprint density at radius 2 is 2.07 bits per heavy atom. The van der Waals surface area contributed by atoms with Gasteiger partial charge in [0.15, 0.2) is 0 Å². The van der Waals surface area contributed by atoms with Gasteiger partial charge in [0.05, 0.1) is 0 Å². The van der Waals surface area contributed by atoms with Gasteiger partial charge in [-0.2, -0.15) is 0 Å². The second-order valence-corrected chi connectivity index (χ2v) is 4.01. The van der Waals surface area contributed by atoms with E-state index >= 15 is 0 Å². The van der Waals surface area contributed by atoms with E-state index in [2.05, 4.69) is 4.98 Å². The average Bonchev–Trinajstić information content (AvgIpc) is 2.25. The summed E-state index contributed by atoms with van der Waals surface area (Å²) in [4.78, 5) is 3.98. The van der Waals surface area contributed by atoms with Crippen LogP contribution in [-0.4, -0.2) is 4.98 Å². The van der Waals surface area contributed by atoms with Gasteiger partial charge in [-0.1, -0.05) is 6.07 Å². The third-order valence-corrected chi connectivity index (χ3v) is 2.63. The molecule has 4 heteroatoms. The smallest absolute Gasteiger partial charge is 0.219 e. The van der Waals surface area contributed by atoms with E-state index < -0.39 is 0 Å². The number of hydrogen-bond donors (Lipinski definition) is 0. The van der Waals surface area contributed by atoms with Gasteiger partial charge in [0, 0.05) is 21.9 Å². The number of benzene rings is 1. The Bertz CT molecular complexity index is 461. The minimum Gasteiger partial charge on any atom is -0.439 e. The van der Waals surface area contributed by atoms with Crippen LogP contribution in [0.15, 0.2) is 42.6 Å².